The van der Waals surface area contributed by atoms with Crippen LogP contribution in [0.2, 0.25) is 0 Å². The van der Waals surface area contributed by atoms with Gasteiger partial charge in [-0.3, -0.25) is 4.79 Å². The molecule has 0 aliphatic carbocycles. The molecule has 1 aliphatic rings. The van der Waals surface area contributed by atoms with Crippen LogP contribution in [0.5, 0.6) is 0 Å². The van der Waals surface area contributed by atoms with Crippen LogP contribution in [0.15, 0.2) is 0 Å². The summed E-state index contributed by atoms with van der Waals surface area (Å²) in [5, 5.41) is 0. The van der Waals surface area contributed by atoms with Crippen LogP contribution >= 0.6 is 12.6 Å². The SMILES string of the molecule is CCC(CC)(CS)CN1C(=O)C(C)(C)S1(=O)=O. The topological polar surface area (TPSA) is 54.5 Å². The molecule has 0 spiro atoms. The average molecular weight is 279 g/mol. The summed E-state index contributed by atoms with van der Waals surface area (Å²) in [7, 11) is -3.46. The molecule has 0 aromatic rings. The largest absolute Gasteiger partial charge is 0.272 e. The first-order valence-corrected chi connectivity index (χ1v) is 7.93. The highest BCUT2D eigenvalue weighted by molar-refractivity contribution is 7.94. The van der Waals surface area contributed by atoms with E-state index in [2.05, 4.69) is 12.6 Å². The lowest BCUT2D eigenvalue weighted by molar-refractivity contribution is -0.133. The van der Waals surface area contributed by atoms with Crippen LogP contribution in [0.3, 0.4) is 0 Å². The summed E-state index contributed by atoms with van der Waals surface area (Å²) < 4.78 is 23.7. The summed E-state index contributed by atoms with van der Waals surface area (Å²) in [5.41, 5.74) is -0.206. The van der Waals surface area contributed by atoms with Crippen LogP contribution in [0.4, 0.5) is 0 Å². The van der Waals surface area contributed by atoms with Crippen molar-refractivity contribution in [3.63, 3.8) is 0 Å². The summed E-state index contributed by atoms with van der Waals surface area (Å²) in [6.07, 6.45) is 1.62. The first kappa shape index (κ1) is 14.8. The normalized spacial score (nSPS) is 22.4. The maximum atomic E-state index is 12.0. The minimum atomic E-state index is -3.46. The van der Waals surface area contributed by atoms with Crippen molar-refractivity contribution in [3.8, 4) is 0 Å². The molecule has 1 amide bonds. The van der Waals surface area contributed by atoms with Gasteiger partial charge in [0.1, 0.15) is 0 Å². The molecule has 0 unspecified atom stereocenters. The maximum absolute atomic E-state index is 12.0. The lowest BCUT2D eigenvalue weighted by Gasteiger charge is -2.47. The summed E-state index contributed by atoms with van der Waals surface area (Å²) in [5.74, 6) is 0.283. The van der Waals surface area contributed by atoms with Crippen molar-refractivity contribution < 1.29 is 13.2 Å². The summed E-state index contributed by atoms with van der Waals surface area (Å²) in [6, 6.07) is 0. The van der Waals surface area contributed by atoms with Crippen molar-refractivity contribution in [1.82, 2.24) is 4.31 Å². The van der Waals surface area contributed by atoms with E-state index in [1.165, 1.54) is 13.8 Å². The van der Waals surface area contributed by atoms with Gasteiger partial charge >= 0.3 is 0 Å². The van der Waals surface area contributed by atoms with Crippen LogP contribution in [0.25, 0.3) is 0 Å². The van der Waals surface area contributed by atoms with Crippen molar-refractivity contribution in [2.75, 3.05) is 12.3 Å². The summed E-state index contributed by atoms with van der Waals surface area (Å²) in [4.78, 5) is 11.8. The molecule has 1 saturated heterocycles. The van der Waals surface area contributed by atoms with E-state index in [-0.39, 0.29) is 17.9 Å². The second kappa shape index (κ2) is 4.46. The molecule has 1 fully saturated rings. The highest BCUT2D eigenvalue weighted by Gasteiger charge is 2.61. The van der Waals surface area contributed by atoms with Gasteiger partial charge in [-0.05, 0) is 37.9 Å². The Labute approximate surface area is 109 Å². The first-order valence-electron chi connectivity index (χ1n) is 5.86. The Morgan fingerprint density at radius 3 is 2.06 bits per heavy atom. The highest BCUT2D eigenvalue weighted by Crippen LogP contribution is 2.39. The van der Waals surface area contributed by atoms with Crippen molar-refractivity contribution >= 4 is 28.6 Å². The molecule has 4 nitrogen and oxygen atoms in total. The third-order valence-corrected chi connectivity index (χ3v) is 7.00. The second-order valence-electron chi connectivity index (χ2n) is 5.19. The van der Waals surface area contributed by atoms with E-state index in [1.54, 1.807) is 0 Å². The van der Waals surface area contributed by atoms with Gasteiger partial charge in [0.05, 0.1) is 0 Å². The van der Waals surface area contributed by atoms with Gasteiger partial charge in [-0.15, -0.1) is 0 Å². The van der Waals surface area contributed by atoms with E-state index in [4.69, 9.17) is 0 Å². The number of amides is 1. The zero-order valence-electron chi connectivity index (χ0n) is 10.9. The average Bonchev–Trinajstić information content (AvgIpc) is 2.30. The smallest absolute Gasteiger partial charge is 0.258 e. The van der Waals surface area contributed by atoms with E-state index < -0.39 is 14.8 Å². The predicted octanol–water partition coefficient (Wildman–Crippen LogP) is 1.67. The van der Waals surface area contributed by atoms with Gasteiger partial charge in [0.25, 0.3) is 15.9 Å². The molecule has 0 aromatic heterocycles. The Morgan fingerprint density at radius 2 is 1.76 bits per heavy atom. The molecular weight excluding hydrogens is 258 g/mol. The third-order valence-electron chi connectivity index (χ3n) is 3.99. The minimum absolute atomic E-state index is 0.206. The van der Waals surface area contributed by atoms with Crippen LogP contribution in [-0.4, -0.2) is 35.7 Å². The Kier molecular flexibility index (Phi) is 3.89. The number of thiol groups is 1. The molecule has 17 heavy (non-hydrogen) atoms. The van der Waals surface area contributed by atoms with E-state index in [0.717, 1.165) is 17.1 Å². The molecule has 1 rings (SSSR count). The summed E-state index contributed by atoms with van der Waals surface area (Å²) in [6.45, 7) is 7.18. The Hall–Kier alpha value is -0.230. The van der Waals surface area contributed by atoms with Crippen LogP contribution in [0, 0.1) is 5.41 Å². The van der Waals surface area contributed by atoms with Crippen molar-refractivity contribution in [2.45, 2.75) is 45.3 Å². The van der Waals surface area contributed by atoms with Gasteiger partial charge in [-0.2, -0.15) is 12.6 Å². The number of sulfonamides is 1. The molecule has 0 N–H and O–H groups in total. The zero-order valence-corrected chi connectivity index (χ0v) is 12.6. The zero-order chi connectivity index (χ0) is 13.5. The van der Waals surface area contributed by atoms with Gasteiger partial charge in [0, 0.05) is 6.54 Å². The Balaban J connectivity index is 2.96. The fourth-order valence-corrected chi connectivity index (χ4v) is 4.15. The molecule has 0 atom stereocenters. The van der Waals surface area contributed by atoms with Crippen molar-refractivity contribution in [2.24, 2.45) is 5.41 Å². The highest BCUT2D eigenvalue weighted by atomic mass is 32.2. The van der Waals surface area contributed by atoms with Gasteiger partial charge < -0.3 is 0 Å². The number of carbonyl (C=O) groups excluding carboxylic acids is 1. The maximum Gasteiger partial charge on any atom is 0.258 e. The quantitative estimate of drug-likeness (QED) is 0.779. The number of rotatable bonds is 5. The van der Waals surface area contributed by atoms with Crippen LogP contribution in [-0.2, 0) is 14.8 Å². The monoisotopic (exact) mass is 279 g/mol. The molecular formula is C11H21NO3S2. The molecule has 100 valence electrons. The minimum Gasteiger partial charge on any atom is -0.272 e. The summed E-state index contributed by atoms with van der Waals surface area (Å²) >= 11 is 4.30. The fourth-order valence-electron chi connectivity index (χ4n) is 1.96. The molecule has 1 heterocycles. The molecule has 0 radical (unpaired) electrons. The van der Waals surface area contributed by atoms with E-state index in [0.29, 0.717) is 5.75 Å². The lowest BCUT2D eigenvalue weighted by Crippen LogP contribution is -2.68. The molecule has 1 aliphatic heterocycles. The van der Waals surface area contributed by atoms with Gasteiger partial charge in [0.2, 0.25) is 0 Å². The Bertz CT molecular complexity index is 402. The van der Waals surface area contributed by atoms with Gasteiger partial charge in [0.15, 0.2) is 4.75 Å². The molecule has 6 heteroatoms. The second-order valence-corrected chi connectivity index (χ2v) is 7.92. The standard InChI is InChI=1S/C11H21NO3S2/c1-5-11(6-2,8-16)7-12-9(13)10(3,4)17(12,14)15/h16H,5-8H2,1-4H3. The fraction of sp³-hybridized carbons (Fsp3) is 0.909. The van der Waals surface area contributed by atoms with E-state index in [9.17, 15) is 13.2 Å². The van der Waals surface area contributed by atoms with Gasteiger partial charge in [-0.25, -0.2) is 12.7 Å². The number of nitrogens with zero attached hydrogens (tertiary/aromatic N) is 1. The van der Waals surface area contributed by atoms with Crippen molar-refractivity contribution in [1.29, 1.82) is 0 Å². The predicted molar refractivity (Wildman–Crippen MR) is 71.6 cm³/mol. The first-order chi connectivity index (χ1) is 7.68. The molecule has 0 bridgehead atoms. The van der Waals surface area contributed by atoms with Crippen molar-refractivity contribution in [3.05, 3.63) is 0 Å². The third kappa shape index (κ3) is 1.99. The van der Waals surface area contributed by atoms with Gasteiger partial charge in [-0.1, -0.05) is 13.8 Å². The number of carbonyl (C=O) groups is 1. The van der Waals surface area contributed by atoms with E-state index >= 15 is 0 Å². The van der Waals surface area contributed by atoms with Crippen LogP contribution in [0.1, 0.15) is 40.5 Å². The number of hydrogen-bond acceptors (Lipinski definition) is 4. The van der Waals surface area contributed by atoms with Crippen LogP contribution < -0.4 is 0 Å². The number of hydrogen-bond donors (Lipinski definition) is 1. The molecule has 0 aromatic carbocycles. The molecule has 0 saturated carbocycles. The van der Waals surface area contributed by atoms with E-state index in [1.807, 2.05) is 13.8 Å². The lowest BCUT2D eigenvalue weighted by atomic mass is 9.84. The Morgan fingerprint density at radius 1 is 1.29 bits per heavy atom.